The van der Waals surface area contributed by atoms with E-state index in [1.165, 1.54) is 11.1 Å². The zero-order valence-corrected chi connectivity index (χ0v) is 15.6. The highest BCUT2D eigenvalue weighted by molar-refractivity contribution is 5.89. The van der Waals surface area contributed by atoms with Crippen LogP contribution in [0.1, 0.15) is 18.1 Å². The number of carbonyl (C=O) groups is 1. The second kappa shape index (κ2) is 8.72. The van der Waals surface area contributed by atoms with Gasteiger partial charge < -0.3 is 15.0 Å². The highest BCUT2D eigenvalue weighted by Gasteiger charge is 2.21. The number of urea groups is 1. The van der Waals surface area contributed by atoms with E-state index in [2.05, 4.69) is 41.4 Å². The maximum atomic E-state index is 12.5. The Labute approximate surface area is 155 Å². The first-order valence-electron chi connectivity index (χ1n) is 9.21. The van der Waals surface area contributed by atoms with E-state index in [0.29, 0.717) is 6.61 Å². The van der Waals surface area contributed by atoms with Crippen LogP contribution < -0.4 is 10.1 Å². The number of carbonyl (C=O) groups excluding carboxylic acids is 1. The lowest BCUT2D eigenvalue weighted by Crippen LogP contribution is -2.49. The summed E-state index contributed by atoms with van der Waals surface area (Å²) < 4.78 is 5.42. The number of nitrogens with one attached hydrogen (secondary N) is 1. The van der Waals surface area contributed by atoms with Gasteiger partial charge in [-0.25, -0.2) is 4.79 Å². The second-order valence-corrected chi connectivity index (χ2v) is 6.64. The fourth-order valence-corrected chi connectivity index (χ4v) is 3.18. The summed E-state index contributed by atoms with van der Waals surface area (Å²) in [6, 6.07) is 16.1. The van der Waals surface area contributed by atoms with Gasteiger partial charge in [-0.2, -0.15) is 0 Å². The van der Waals surface area contributed by atoms with Crippen LogP contribution in [0.25, 0.3) is 0 Å². The Morgan fingerprint density at radius 1 is 1.08 bits per heavy atom. The first kappa shape index (κ1) is 18.3. The van der Waals surface area contributed by atoms with E-state index in [1.807, 2.05) is 36.1 Å². The Kier molecular flexibility index (Phi) is 6.12. The van der Waals surface area contributed by atoms with Gasteiger partial charge in [0.2, 0.25) is 0 Å². The first-order chi connectivity index (χ1) is 12.6. The molecule has 0 atom stereocenters. The third-order valence-corrected chi connectivity index (χ3v) is 4.56. The summed E-state index contributed by atoms with van der Waals surface area (Å²) in [5.74, 6) is 0.815. The Morgan fingerprint density at radius 2 is 1.81 bits per heavy atom. The van der Waals surface area contributed by atoms with Crippen LogP contribution in [0, 0.1) is 6.92 Å². The number of benzene rings is 2. The lowest BCUT2D eigenvalue weighted by atomic mass is 10.1. The van der Waals surface area contributed by atoms with Crippen molar-refractivity contribution in [1.29, 1.82) is 0 Å². The molecule has 0 saturated carbocycles. The molecule has 1 heterocycles. The number of ether oxygens (including phenoxy) is 1. The van der Waals surface area contributed by atoms with E-state index >= 15 is 0 Å². The number of rotatable bonds is 5. The molecule has 0 spiro atoms. The largest absolute Gasteiger partial charge is 0.494 e. The van der Waals surface area contributed by atoms with Gasteiger partial charge in [0.05, 0.1) is 6.61 Å². The SMILES string of the molecule is CCOc1ccc(NC(=O)N2CCN(Cc3cccc(C)c3)CC2)cc1. The molecular formula is C21H27N3O2. The van der Waals surface area contributed by atoms with Gasteiger partial charge in [-0.3, -0.25) is 4.90 Å². The van der Waals surface area contributed by atoms with E-state index in [0.717, 1.165) is 44.2 Å². The van der Waals surface area contributed by atoms with Crippen molar-refractivity contribution < 1.29 is 9.53 Å². The second-order valence-electron chi connectivity index (χ2n) is 6.64. The van der Waals surface area contributed by atoms with Gasteiger partial charge in [-0.05, 0) is 43.7 Å². The van der Waals surface area contributed by atoms with E-state index in [-0.39, 0.29) is 6.03 Å². The number of piperazine rings is 1. The van der Waals surface area contributed by atoms with Crippen molar-refractivity contribution in [1.82, 2.24) is 9.80 Å². The molecule has 2 aromatic carbocycles. The van der Waals surface area contributed by atoms with E-state index in [1.54, 1.807) is 0 Å². The normalized spacial score (nSPS) is 14.9. The fraction of sp³-hybridized carbons (Fsp3) is 0.381. The first-order valence-corrected chi connectivity index (χ1v) is 9.21. The predicted molar refractivity (Wildman–Crippen MR) is 105 cm³/mol. The number of hydrogen-bond donors (Lipinski definition) is 1. The van der Waals surface area contributed by atoms with Crippen LogP contribution in [0.2, 0.25) is 0 Å². The van der Waals surface area contributed by atoms with Crippen molar-refractivity contribution in [3.05, 3.63) is 59.7 Å². The van der Waals surface area contributed by atoms with Gasteiger partial charge in [-0.1, -0.05) is 29.8 Å². The fourth-order valence-electron chi connectivity index (χ4n) is 3.18. The van der Waals surface area contributed by atoms with Crippen LogP contribution in [0.5, 0.6) is 5.75 Å². The molecule has 5 nitrogen and oxygen atoms in total. The van der Waals surface area contributed by atoms with Crippen molar-refractivity contribution >= 4 is 11.7 Å². The van der Waals surface area contributed by atoms with Gasteiger partial charge in [0.15, 0.2) is 0 Å². The smallest absolute Gasteiger partial charge is 0.321 e. The number of anilines is 1. The standard InChI is InChI=1S/C21H27N3O2/c1-3-26-20-9-7-19(8-10-20)22-21(25)24-13-11-23(12-14-24)16-18-6-4-5-17(2)15-18/h4-10,15H,3,11-14,16H2,1-2H3,(H,22,25). The lowest BCUT2D eigenvalue weighted by Gasteiger charge is -2.34. The van der Waals surface area contributed by atoms with Crippen molar-refractivity contribution in [2.24, 2.45) is 0 Å². The van der Waals surface area contributed by atoms with Gasteiger partial charge >= 0.3 is 6.03 Å². The van der Waals surface area contributed by atoms with Crippen LogP contribution >= 0.6 is 0 Å². The minimum atomic E-state index is -0.0376. The maximum absolute atomic E-state index is 12.5. The molecule has 2 aromatic rings. The van der Waals surface area contributed by atoms with E-state index < -0.39 is 0 Å². The maximum Gasteiger partial charge on any atom is 0.321 e. The van der Waals surface area contributed by atoms with Gasteiger partial charge in [0.25, 0.3) is 0 Å². The molecule has 5 heteroatoms. The molecular weight excluding hydrogens is 326 g/mol. The molecule has 26 heavy (non-hydrogen) atoms. The summed E-state index contributed by atoms with van der Waals surface area (Å²) in [5, 5.41) is 2.97. The highest BCUT2D eigenvalue weighted by atomic mass is 16.5. The van der Waals surface area contributed by atoms with Crippen LogP contribution in [0.15, 0.2) is 48.5 Å². The van der Waals surface area contributed by atoms with Crippen LogP contribution in [-0.4, -0.2) is 48.6 Å². The summed E-state index contributed by atoms with van der Waals surface area (Å²) >= 11 is 0. The summed E-state index contributed by atoms with van der Waals surface area (Å²) in [6.45, 7) is 8.92. The molecule has 0 radical (unpaired) electrons. The predicted octanol–water partition coefficient (Wildman–Crippen LogP) is 3.74. The molecule has 0 aliphatic carbocycles. The zero-order valence-electron chi connectivity index (χ0n) is 15.6. The molecule has 1 saturated heterocycles. The van der Waals surface area contributed by atoms with Crippen molar-refractivity contribution in [2.45, 2.75) is 20.4 Å². The Balaban J connectivity index is 1.47. The third kappa shape index (κ3) is 4.99. The average Bonchev–Trinajstić information content (AvgIpc) is 2.64. The lowest BCUT2D eigenvalue weighted by molar-refractivity contribution is 0.143. The van der Waals surface area contributed by atoms with Gasteiger partial charge in [0, 0.05) is 38.4 Å². The molecule has 2 amide bonds. The van der Waals surface area contributed by atoms with Crippen LogP contribution in [0.4, 0.5) is 10.5 Å². The molecule has 0 unspecified atom stereocenters. The molecule has 0 bridgehead atoms. The van der Waals surface area contributed by atoms with Crippen LogP contribution in [0.3, 0.4) is 0 Å². The quantitative estimate of drug-likeness (QED) is 0.890. The summed E-state index contributed by atoms with van der Waals surface area (Å²) in [7, 11) is 0. The average molecular weight is 353 g/mol. The molecule has 3 rings (SSSR count). The molecule has 1 aliphatic heterocycles. The number of hydrogen-bond acceptors (Lipinski definition) is 3. The third-order valence-electron chi connectivity index (χ3n) is 4.56. The monoisotopic (exact) mass is 353 g/mol. The van der Waals surface area contributed by atoms with Gasteiger partial charge in [-0.15, -0.1) is 0 Å². The summed E-state index contributed by atoms with van der Waals surface area (Å²) in [6.07, 6.45) is 0. The van der Waals surface area contributed by atoms with Crippen molar-refractivity contribution in [2.75, 3.05) is 38.1 Å². The molecule has 138 valence electrons. The Hall–Kier alpha value is -2.53. The van der Waals surface area contributed by atoms with Crippen LogP contribution in [-0.2, 0) is 6.54 Å². The van der Waals surface area contributed by atoms with E-state index in [4.69, 9.17) is 4.74 Å². The molecule has 1 fully saturated rings. The Morgan fingerprint density at radius 3 is 2.46 bits per heavy atom. The number of aryl methyl sites for hydroxylation is 1. The molecule has 0 aromatic heterocycles. The zero-order chi connectivity index (χ0) is 18.4. The Bertz CT molecular complexity index is 722. The highest BCUT2D eigenvalue weighted by Crippen LogP contribution is 2.17. The van der Waals surface area contributed by atoms with Gasteiger partial charge in [0.1, 0.15) is 5.75 Å². The molecule has 1 N–H and O–H groups in total. The minimum Gasteiger partial charge on any atom is -0.494 e. The summed E-state index contributed by atoms with van der Waals surface area (Å²) in [4.78, 5) is 16.7. The van der Waals surface area contributed by atoms with Crippen molar-refractivity contribution in [3.8, 4) is 5.75 Å². The summed E-state index contributed by atoms with van der Waals surface area (Å²) in [5.41, 5.74) is 3.41. The molecule has 1 aliphatic rings. The minimum absolute atomic E-state index is 0.0376. The number of amides is 2. The number of nitrogens with zero attached hydrogens (tertiary/aromatic N) is 2. The topological polar surface area (TPSA) is 44.8 Å². The van der Waals surface area contributed by atoms with E-state index in [9.17, 15) is 4.79 Å². The van der Waals surface area contributed by atoms with Crippen molar-refractivity contribution in [3.63, 3.8) is 0 Å².